The molecule has 1 N–H and O–H groups in total. The van der Waals surface area contributed by atoms with Crippen LogP contribution in [0.3, 0.4) is 0 Å². The summed E-state index contributed by atoms with van der Waals surface area (Å²) in [5.41, 5.74) is 0. The van der Waals surface area contributed by atoms with Crippen molar-refractivity contribution in [3.63, 3.8) is 0 Å². The van der Waals surface area contributed by atoms with Gasteiger partial charge in [-0.05, 0) is 12.1 Å². The van der Waals surface area contributed by atoms with Crippen LogP contribution in [0, 0.1) is 0 Å². The van der Waals surface area contributed by atoms with E-state index in [9.17, 15) is 4.79 Å². The Labute approximate surface area is 101 Å². The second-order valence-electron chi connectivity index (χ2n) is 3.68. The minimum atomic E-state index is -0.0315. The summed E-state index contributed by atoms with van der Waals surface area (Å²) in [7, 11) is 1.59. The number of furan rings is 1. The zero-order valence-corrected chi connectivity index (χ0v) is 10.1. The maximum Gasteiger partial charge on any atom is 0.223 e. The van der Waals surface area contributed by atoms with Crippen molar-refractivity contribution in [1.82, 2.24) is 4.90 Å². The third-order valence-electron chi connectivity index (χ3n) is 2.45. The van der Waals surface area contributed by atoms with Crippen LogP contribution in [-0.4, -0.2) is 49.3 Å². The smallest absolute Gasteiger partial charge is 0.223 e. The summed E-state index contributed by atoms with van der Waals surface area (Å²) in [6, 6.07) is 3.65. The van der Waals surface area contributed by atoms with E-state index >= 15 is 0 Å². The Morgan fingerprint density at radius 3 is 2.94 bits per heavy atom. The van der Waals surface area contributed by atoms with E-state index in [-0.39, 0.29) is 12.5 Å². The molecule has 0 saturated carbocycles. The van der Waals surface area contributed by atoms with Crippen molar-refractivity contribution >= 4 is 5.91 Å². The molecule has 0 saturated heterocycles. The molecular formula is C12H19NO4. The lowest BCUT2D eigenvalue weighted by Crippen LogP contribution is -2.36. The van der Waals surface area contributed by atoms with Crippen molar-refractivity contribution in [3.05, 3.63) is 24.2 Å². The summed E-state index contributed by atoms with van der Waals surface area (Å²) >= 11 is 0. The quantitative estimate of drug-likeness (QED) is 0.727. The van der Waals surface area contributed by atoms with Crippen molar-refractivity contribution in [2.75, 3.05) is 33.4 Å². The second kappa shape index (κ2) is 7.86. The lowest BCUT2D eigenvalue weighted by Gasteiger charge is -2.21. The molecule has 0 aliphatic heterocycles. The Kier molecular flexibility index (Phi) is 6.35. The van der Waals surface area contributed by atoms with Crippen LogP contribution in [-0.2, 0) is 16.0 Å². The Balaban J connectivity index is 2.35. The lowest BCUT2D eigenvalue weighted by atomic mass is 10.2. The van der Waals surface area contributed by atoms with E-state index in [2.05, 4.69) is 0 Å². The average molecular weight is 241 g/mol. The van der Waals surface area contributed by atoms with Crippen LogP contribution < -0.4 is 0 Å². The molecule has 0 atom stereocenters. The van der Waals surface area contributed by atoms with Crippen LogP contribution in [0.2, 0.25) is 0 Å². The zero-order chi connectivity index (χ0) is 12.5. The fourth-order valence-electron chi connectivity index (χ4n) is 1.53. The molecule has 0 aromatic carbocycles. The molecule has 0 bridgehead atoms. The number of aliphatic hydroxyl groups is 1. The van der Waals surface area contributed by atoms with Crippen LogP contribution in [0.5, 0.6) is 0 Å². The number of methoxy groups -OCH3 is 1. The molecule has 96 valence electrons. The number of hydrogen-bond donors (Lipinski definition) is 1. The summed E-state index contributed by atoms with van der Waals surface area (Å²) in [5.74, 6) is 0.807. The first-order valence-corrected chi connectivity index (χ1v) is 5.68. The Morgan fingerprint density at radius 2 is 2.35 bits per heavy atom. The van der Waals surface area contributed by atoms with Crippen LogP contribution in [0.4, 0.5) is 0 Å². The third-order valence-corrected chi connectivity index (χ3v) is 2.45. The van der Waals surface area contributed by atoms with Crippen molar-refractivity contribution < 1.29 is 19.1 Å². The van der Waals surface area contributed by atoms with Crippen molar-refractivity contribution in [2.45, 2.75) is 12.8 Å². The van der Waals surface area contributed by atoms with Gasteiger partial charge in [0.15, 0.2) is 0 Å². The van der Waals surface area contributed by atoms with Crippen LogP contribution >= 0.6 is 0 Å². The second-order valence-corrected chi connectivity index (χ2v) is 3.68. The highest BCUT2D eigenvalue weighted by Crippen LogP contribution is 2.05. The number of hydrogen-bond acceptors (Lipinski definition) is 4. The highest BCUT2D eigenvalue weighted by Gasteiger charge is 2.13. The molecule has 1 aromatic rings. The Bertz CT molecular complexity index is 310. The molecule has 1 amide bonds. The molecule has 0 spiro atoms. The van der Waals surface area contributed by atoms with E-state index in [1.54, 1.807) is 24.3 Å². The molecule has 1 heterocycles. The van der Waals surface area contributed by atoms with Gasteiger partial charge in [-0.2, -0.15) is 0 Å². The van der Waals surface area contributed by atoms with Gasteiger partial charge in [-0.15, -0.1) is 0 Å². The minimum absolute atomic E-state index is 0.00694. The summed E-state index contributed by atoms with van der Waals surface area (Å²) in [6.07, 6.45) is 2.56. The van der Waals surface area contributed by atoms with Gasteiger partial charge in [0.25, 0.3) is 0 Å². The number of aliphatic hydroxyl groups excluding tert-OH is 1. The molecule has 0 unspecified atom stereocenters. The lowest BCUT2D eigenvalue weighted by molar-refractivity contribution is -0.132. The van der Waals surface area contributed by atoms with Gasteiger partial charge >= 0.3 is 0 Å². The number of rotatable bonds is 8. The first kappa shape index (κ1) is 13.7. The third kappa shape index (κ3) is 5.01. The molecule has 1 aromatic heterocycles. The fourth-order valence-corrected chi connectivity index (χ4v) is 1.53. The fraction of sp³-hybridized carbons (Fsp3) is 0.583. The predicted molar refractivity (Wildman–Crippen MR) is 62.6 cm³/mol. The monoisotopic (exact) mass is 241 g/mol. The van der Waals surface area contributed by atoms with E-state index < -0.39 is 0 Å². The van der Waals surface area contributed by atoms with Crippen molar-refractivity contribution in [2.24, 2.45) is 0 Å². The number of ether oxygens (including phenoxy) is 1. The molecule has 0 radical (unpaired) electrons. The highest BCUT2D eigenvalue weighted by atomic mass is 16.5. The first-order valence-electron chi connectivity index (χ1n) is 5.68. The number of aryl methyl sites for hydroxylation is 1. The molecule has 5 nitrogen and oxygen atoms in total. The van der Waals surface area contributed by atoms with E-state index in [4.69, 9.17) is 14.3 Å². The van der Waals surface area contributed by atoms with Crippen LogP contribution in [0.25, 0.3) is 0 Å². The van der Waals surface area contributed by atoms with Gasteiger partial charge in [0, 0.05) is 33.0 Å². The van der Waals surface area contributed by atoms with E-state index in [0.29, 0.717) is 32.5 Å². The Hall–Kier alpha value is -1.33. The molecule has 1 rings (SSSR count). The standard InChI is InChI=1S/C12H19NO4/c1-16-10-7-13(6-8-14)12(15)5-4-11-3-2-9-17-11/h2-3,9,14H,4-8,10H2,1H3. The molecular weight excluding hydrogens is 222 g/mol. The van der Waals surface area contributed by atoms with Gasteiger partial charge in [-0.1, -0.05) is 0 Å². The largest absolute Gasteiger partial charge is 0.469 e. The van der Waals surface area contributed by atoms with Gasteiger partial charge in [-0.3, -0.25) is 4.79 Å². The first-order chi connectivity index (χ1) is 8.27. The number of nitrogens with zero attached hydrogens (tertiary/aromatic N) is 1. The normalized spacial score (nSPS) is 10.5. The van der Waals surface area contributed by atoms with Gasteiger partial charge in [-0.25, -0.2) is 0 Å². The van der Waals surface area contributed by atoms with Gasteiger partial charge < -0.3 is 19.2 Å². The molecule has 0 fully saturated rings. The van der Waals surface area contributed by atoms with Crippen LogP contribution in [0.1, 0.15) is 12.2 Å². The molecule has 0 aliphatic carbocycles. The summed E-state index contributed by atoms with van der Waals surface area (Å²) in [4.78, 5) is 13.5. The predicted octanol–water partition coefficient (Wildman–Crippen LogP) is 0.679. The maximum atomic E-state index is 11.9. The summed E-state index contributed by atoms with van der Waals surface area (Å²) in [6.45, 7) is 1.30. The van der Waals surface area contributed by atoms with Gasteiger partial charge in [0.2, 0.25) is 5.91 Å². The van der Waals surface area contributed by atoms with E-state index in [1.807, 2.05) is 6.07 Å². The van der Waals surface area contributed by atoms with Gasteiger partial charge in [0.05, 0.1) is 19.5 Å². The van der Waals surface area contributed by atoms with E-state index in [0.717, 1.165) is 5.76 Å². The minimum Gasteiger partial charge on any atom is -0.469 e. The summed E-state index contributed by atoms with van der Waals surface area (Å²) < 4.78 is 10.1. The van der Waals surface area contributed by atoms with Gasteiger partial charge in [0.1, 0.15) is 5.76 Å². The Morgan fingerprint density at radius 1 is 1.53 bits per heavy atom. The zero-order valence-electron chi connectivity index (χ0n) is 10.1. The van der Waals surface area contributed by atoms with Crippen molar-refractivity contribution in [3.8, 4) is 0 Å². The molecule has 0 aliphatic rings. The highest BCUT2D eigenvalue weighted by molar-refractivity contribution is 5.76. The molecule has 5 heteroatoms. The number of amides is 1. The average Bonchev–Trinajstić information content (AvgIpc) is 2.84. The molecule has 17 heavy (non-hydrogen) atoms. The van der Waals surface area contributed by atoms with Crippen molar-refractivity contribution in [1.29, 1.82) is 0 Å². The topological polar surface area (TPSA) is 62.9 Å². The maximum absolute atomic E-state index is 11.9. The number of carbonyl (C=O) groups is 1. The summed E-state index contributed by atoms with van der Waals surface area (Å²) in [5, 5.41) is 8.88. The van der Waals surface area contributed by atoms with E-state index in [1.165, 1.54) is 0 Å². The number of carbonyl (C=O) groups excluding carboxylic acids is 1. The van der Waals surface area contributed by atoms with Crippen LogP contribution in [0.15, 0.2) is 22.8 Å². The SMILES string of the molecule is COCCN(CCO)C(=O)CCc1ccco1.